The van der Waals surface area contributed by atoms with Crippen molar-refractivity contribution in [1.29, 1.82) is 0 Å². The molecule has 7 nitrogen and oxygen atoms in total. The van der Waals surface area contributed by atoms with Crippen LogP contribution in [-0.2, 0) is 27.8 Å². The van der Waals surface area contributed by atoms with Crippen molar-refractivity contribution in [3.63, 3.8) is 0 Å². The zero-order valence-corrected chi connectivity index (χ0v) is 20.1. The average Bonchev–Trinajstić information content (AvgIpc) is 3.22. The molecule has 0 unspecified atom stereocenters. The third kappa shape index (κ3) is 4.68. The van der Waals surface area contributed by atoms with Gasteiger partial charge in [0.1, 0.15) is 0 Å². The number of carbonyl (C=O) groups excluding carboxylic acids is 2. The highest BCUT2D eigenvalue weighted by Crippen LogP contribution is 2.31. The van der Waals surface area contributed by atoms with Crippen LogP contribution in [0.5, 0.6) is 0 Å². The molecule has 0 bridgehead atoms. The van der Waals surface area contributed by atoms with E-state index in [0.717, 1.165) is 42.6 Å². The number of likely N-dealkylation sites (tertiary alicyclic amines) is 1. The maximum atomic E-state index is 13.4. The van der Waals surface area contributed by atoms with E-state index >= 15 is 0 Å². The average molecular weight is 470 g/mol. The number of amides is 2. The smallest absolute Gasteiger partial charge is 0.258 e. The van der Waals surface area contributed by atoms with Gasteiger partial charge in [-0.15, -0.1) is 0 Å². The fourth-order valence-electron chi connectivity index (χ4n) is 4.71. The number of nitrogens with zero attached hydrogens (tertiary/aromatic N) is 3. The lowest BCUT2D eigenvalue weighted by molar-refractivity contribution is -0.128. The maximum absolute atomic E-state index is 13.4. The van der Waals surface area contributed by atoms with E-state index in [1.54, 1.807) is 29.2 Å². The lowest BCUT2D eigenvalue weighted by Gasteiger charge is -2.30. The number of hydrogen-bond donors (Lipinski definition) is 0. The van der Waals surface area contributed by atoms with Crippen molar-refractivity contribution in [1.82, 2.24) is 9.21 Å². The van der Waals surface area contributed by atoms with Crippen LogP contribution in [0.25, 0.3) is 0 Å². The summed E-state index contributed by atoms with van der Waals surface area (Å²) < 4.78 is 27.3. The van der Waals surface area contributed by atoms with Gasteiger partial charge < -0.3 is 9.80 Å². The predicted molar refractivity (Wildman–Crippen MR) is 128 cm³/mol. The molecule has 0 saturated carbocycles. The van der Waals surface area contributed by atoms with Crippen LogP contribution in [0.3, 0.4) is 0 Å². The number of benzene rings is 2. The topological polar surface area (TPSA) is 78.0 Å². The van der Waals surface area contributed by atoms with Gasteiger partial charge in [0.15, 0.2) is 0 Å². The summed E-state index contributed by atoms with van der Waals surface area (Å²) in [5, 5.41) is 0. The van der Waals surface area contributed by atoms with Crippen molar-refractivity contribution in [2.45, 2.75) is 51.0 Å². The van der Waals surface area contributed by atoms with Gasteiger partial charge in [0.25, 0.3) is 5.91 Å². The van der Waals surface area contributed by atoms with E-state index < -0.39 is 10.0 Å². The fraction of sp³-hybridized carbons (Fsp3) is 0.440. The Kier molecular flexibility index (Phi) is 6.86. The Hall–Kier alpha value is -2.71. The monoisotopic (exact) mass is 469 g/mol. The summed E-state index contributed by atoms with van der Waals surface area (Å²) in [5.41, 5.74) is 3.16. The Morgan fingerprint density at radius 3 is 2.45 bits per heavy atom. The van der Waals surface area contributed by atoms with E-state index in [2.05, 4.69) is 0 Å². The minimum Gasteiger partial charge on any atom is -0.338 e. The van der Waals surface area contributed by atoms with Crippen LogP contribution in [0.2, 0.25) is 0 Å². The summed E-state index contributed by atoms with van der Waals surface area (Å²) in [6, 6.07) is 12.5. The fourth-order valence-corrected chi connectivity index (χ4v) is 6.22. The molecule has 2 aromatic rings. The Morgan fingerprint density at radius 2 is 1.76 bits per heavy atom. The van der Waals surface area contributed by atoms with Crippen LogP contribution in [0.4, 0.5) is 5.69 Å². The van der Waals surface area contributed by atoms with E-state index in [1.807, 2.05) is 36.9 Å². The van der Waals surface area contributed by atoms with Crippen molar-refractivity contribution in [2.75, 3.05) is 31.1 Å². The highest BCUT2D eigenvalue weighted by atomic mass is 32.2. The summed E-state index contributed by atoms with van der Waals surface area (Å²) in [6.45, 7) is 6.35. The Morgan fingerprint density at radius 1 is 1.00 bits per heavy atom. The van der Waals surface area contributed by atoms with Crippen molar-refractivity contribution in [3.8, 4) is 0 Å². The zero-order chi connectivity index (χ0) is 23.6. The lowest BCUT2D eigenvalue weighted by Crippen LogP contribution is -2.36. The molecule has 2 aliphatic rings. The summed E-state index contributed by atoms with van der Waals surface area (Å²) in [7, 11) is -3.55. The second-order valence-corrected chi connectivity index (χ2v) is 10.5. The Labute approximate surface area is 196 Å². The van der Waals surface area contributed by atoms with Gasteiger partial charge in [-0.25, -0.2) is 8.42 Å². The molecule has 1 saturated heterocycles. The molecular formula is C25H31N3O4S. The van der Waals surface area contributed by atoms with E-state index in [1.165, 1.54) is 4.31 Å². The van der Waals surface area contributed by atoms with Gasteiger partial charge in [-0.2, -0.15) is 4.31 Å². The van der Waals surface area contributed by atoms with Gasteiger partial charge >= 0.3 is 0 Å². The van der Waals surface area contributed by atoms with Crippen LogP contribution < -0.4 is 4.90 Å². The standard InChI is InChI=1S/C25H31N3O4S/c1-3-27(4-2)33(31,32)22-12-13-23-20(17-22)10-6-15-28(23)25(30)21-9-5-8-19(16-21)18-26-14-7-11-24(26)29/h5,8-9,12-13,16-17H,3-4,6-7,10-11,14-15,18H2,1-2H3. The number of aryl methyl sites for hydroxylation is 1. The third-order valence-electron chi connectivity index (χ3n) is 6.48. The molecule has 0 atom stereocenters. The highest BCUT2D eigenvalue weighted by molar-refractivity contribution is 7.89. The SMILES string of the molecule is CCN(CC)S(=O)(=O)c1ccc2c(c1)CCCN2C(=O)c1cccc(CN2CCCC2=O)c1. The van der Waals surface area contributed by atoms with E-state index in [9.17, 15) is 18.0 Å². The molecule has 176 valence electrons. The lowest BCUT2D eigenvalue weighted by atomic mass is 10.0. The first-order valence-electron chi connectivity index (χ1n) is 11.7. The highest BCUT2D eigenvalue weighted by Gasteiger charge is 2.28. The second kappa shape index (κ2) is 9.65. The van der Waals surface area contributed by atoms with Gasteiger partial charge in [0.2, 0.25) is 15.9 Å². The van der Waals surface area contributed by atoms with Crippen molar-refractivity contribution in [2.24, 2.45) is 0 Å². The molecule has 0 spiro atoms. The quantitative estimate of drug-likeness (QED) is 0.622. The number of fused-ring (bicyclic) bond motifs is 1. The van der Waals surface area contributed by atoms with Crippen LogP contribution in [0, 0.1) is 0 Å². The van der Waals surface area contributed by atoms with E-state index in [-0.39, 0.29) is 16.7 Å². The van der Waals surface area contributed by atoms with Gasteiger partial charge in [-0.05, 0) is 60.7 Å². The van der Waals surface area contributed by atoms with Gasteiger partial charge in [-0.1, -0.05) is 26.0 Å². The van der Waals surface area contributed by atoms with Crippen LogP contribution in [-0.4, -0.2) is 55.6 Å². The molecule has 2 amide bonds. The predicted octanol–water partition coefficient (Wildman–Crippen LogP) is 3.43. The molecule has 0 N–H and O–H groups in total. The van der Waals surface area contributed by atoms with Gasteiger partial charge in [-0.3, -0.25) is 9.59 Å². The van der Waals surface area contributed by atoms with Crippen LogP contribution in [0.15, 0.2) is 47.4 Å². The number of anilines is 1. The molecule has 2 aliphatic heterocycles. The first-order valence-corrected chi connectivity index (χ1v) is 13.1. The number of rotatable bonds is 7. The van der Waals surface area contributed by atoms with E-state index in [4.69, 9.17) is 0 Å². The van der Waals surface area contributed by atoms with Crippen molar-refractivity contribution in [3.05, 3.63) is 59.2 Å². The largest absolute Gasteiger partial charge is 0.338 e. The summed E-state index contributed by atoms with van der Waals surface area (Å²) in [5.74, 6) is 0.0528. The molecule has 4 rings (SSSR count). The number of carbonyl (C=O) groups is 2. The normalized spacial score (nSPS) is 16.4. The molecule has 2 heterocycles. The van der Waals surface area contributed by atoms with Gasteiger partial charge in [0, 0.05) is 50.4 Å². The summed E-state index contributed by atoms with van der Waals surface area (Å²) in [4.78, 5) is 29.2. The van der Waals surface area contributed by atoms with Crippen molar-refractivity contribution < 1.29 is 18.0 Å². The molecule has 1 fully saturated rings. The first-order chi connectivity index (χ1) is 15.8. The van der Waals surface area contributed by atoms with Gasteiger partial charge in [0.05, 0.1) is 4.90 Å². The Balaban J connectivity index is 1.59. The van der Waals surface area contributed by atoms with Crippen molar-refractivity contribution >= 4 is 27.5 Å². The second-order valence-electron chi connectivity index (χ2n) is 8.56. The molecule has 0 aliphatic carbocycles. The Bertz CT molecular complexity index is 1160. The minimum absolute atomic E-state index is 0.107. The van der Waals surface area contributed by atoms with Crippen LogP contribution in [0.1, 0.15) is 54.6 Å². The number of sulfonamides is 1. The number of hydrogen-bond acceptors (Lipinski definition) is 4. The van der Waals surface area contributed by atoms with E-state index in [0.29, 0.717) is 38.2 Å². The van der Waals surface area contributed by atoms with Crippen LogP contribution >= 0.6 is 0 Å². The molecule has 0 aromatic heterocycles. The first kappa shape index (κ1) is 23.4. The molecule has 2 aromatic carbocycles. The summed E-state index contributed by atoms with van der Waals surface area (Å²) >= 11 is 0. The molecule has 0 radical (unpaired) electrons. The molecular weight excluding hydrogens is 438 g/mol. The third-order valence-corrected chi connectivity index (χ3v) is 8.52. The zero-order valence-electron chi connectivity index (χ0n) is 19.3. The minimum atomic E-state index is -3.55. The molecule has 33 heavy (non-hydrogen) atoms. The summed E-state index contributed by atoms with van der Waals surface area (Å²) in [6.07, 6.45) is 2.98. The maximum Gasteiger partial charge on any atom is 0.258 e. The molecule has 8 heteroatoms.